The molecule has 2 rings (SSSR count). The second kappa shape index (κ2) is 9.23. The van der Waals surface area contributed by atoms with Crippen molar-refractivity contribution in [1.29, 1.82) is 0 Å². The first-order valence-corrected chi connectivity index (χ1v) is 8.01. The van der Waals surface area contributed by atoms with Crippen molar-refractivity contribution < 1.29 is 14.7 Å². The van der Waals surface area contributed by atoms with E-state index in [-0.39, 0.29) is 0 Å². The number of nitrogens with one attached hydrogen (secondary N) is 1. The second-order valence-electron chi connectivity index (χ2n) is 5.64. The van der Waals surface area contributed by atoms with Crippen LogP contribution in [0.5, 0.6) is 5.75 Å². The minimum Gasteiger partial charge on any atom is -0.491 e. The van der Waals surface area contributed by atoms with Crippen LogP contribution in [0.25, 0.3) is 0 Å². The molecule has 0 saturated carbocycles. The van der Waals surface area contributed by atoms with Gasteiger partial charge in [0, 0.05) is 5.56 Å². The minimum absolute atomic E-state index is 0.339. The monoisotopic (exact) mass is 300 g/mol. The Hall–Kier alpha value is -1.84. The maximum atomic E-state index is 10.2. The van der Waals surface area contributed by atoms with Crippen LogP contribution in [0.15, 0.2) is 60.7 Å². The minimum atomic E-state index is -0.453. The van der Waals surface area contributed by atoms with E-state index in [1.54, 1.807) is 0 Å². The zero-order valence-corrected chi connectivity index (χ0v) is 13.2. The van der Waals surface area contributed by atoms with Gasteiger partial charge >= 0.3 is 0 Å². The van der Waals surface area contributed by atoms with E-state index < -0.39 is 6.10 Å². The van der Waals surface area contributed by atoms with E-state index in [4.69, 9.17) is 4.74 Å². The molecule has 0 aliphatic carbocycles. The molecule has 22 heavy (non-hydrogen) atoms. The highest BCUT2D eigenvalue weighted by atomic mass is 16.5. The Labute approximate surface area is 133 Å². The summed E-state index contributed by atoms with van der Waals surface area (Å²) in [4.78, 5) is 1.39. The Balaban J connectivity index is 1.81. The Morgan fingerprint density at radius 3 is 2.27 bits per heavy atom. The van der Waals surface area contributed by atoms with Gasteiger partial charge in [-0.3, -0.25) is 0 Å². The van der Waals surface area contributed by atoms with Gasteiger partial charge in [0.15, 0.2) is 0 Å². The van der Waals surface area contributed by atoms with E-state index in [2.05, 4.69) is 31.2 Å². The number of ether oxygens (including phenoxy) is 1. The van der Waals surface area contributed by atoms with Gasteiger partial charge in [0.1, 0.15) is 31.5 Å². The smallest absolute Gasteiger partial charge is 0.137 e. The van der Waals surface area contributed by atoms with Crippen LogP contribution in [0, 0.1) is 0 Å². The first kappa shape index (κ1) is 16.5. The van der Waals surface area contributed by atoms with Crippen LogP contribution in [0.2, 0.25) is 0 Å². The number of aliphatic hydroxyl groups excluding tert-OH is 1. The molecule has 0 bridgehead atoms. The van der Waals surface area contributed by atoms with E-state index in [9.17, 15) is 5.11 Å². The van der Waals surface area contributed by atoms with Crippen molar-refractivity contribution in [1.82, 2.24) is 0 Å². The summed E-state index contributed by atoms with van der Waals surface area (Å²) in [6.45, 7) is 5.22. The zero-order chi connectivity index (χ0) is 15.6. The van der Waals surface area contributed by atoms with E-state index in [0.29, 0.717) is 13.2 Å². The zero-order valence-electron chi connectivity index (χ0n) is 13.2. The molecule has 1 unspecified atom stereocenters. The number of para-hydroxylation sites is 1. The third kappa shape index (κ3) is 5.88. The molecule has 2 aromatic rings. The van der Waals surface area contributed by atoms with Crippen molar-refractivity contribution in [2.75, 3.05) is 19.7 Å². The van der Waals surface area contributed by atoms with Crippen LogP contribution in [0.1, 0.15) is 18.9 Å². The van der Waals surface area contributed by atoms with Crippen LogP contribution in [0.3, 0.4) is 0 Å². The highest BCUT2D eigenvalue weighted by Gasteiger charge is 2.15. The van der Waals surface area contributed by atoms with Crippen molar-refractivity contribution in [3.8, 4) is 5.75 Å². The highest BCUT2D eigenvalue weighted by Crippen LogP contribution is 2.08. The Bertz CT molecular complexity index is 515. The van der Waals surface area contributed by atoms with Crippen molar-refractivity contribution in [3.05, 3.63) is 66.2 Å². The summed E-state index contributed by atoms with van der Waals surface area (Å²) in [7, 11) is 0. The van der Waals surface area contributed by atoms with E-state index >= 15 is 0 Å². The third-order valence-electron chi connectivity index (χ3n) is 3.61. The van der Waals surface area contributed by atoms with E-state index in [0.717, 1.165) is 25.3 Å². The molecule has 0 aliphatic rings. The molecule has 3 nitrogen and oxygen atoms in total. The van der Waals surface area contributed by atoms with Crippen molar-refractivity contribution in [2.45, 2.75) is 26.0 Å². The lowest BCUT2D eigenvalue weighted by Gasteiger charge is -2.22. The average Bonchev–Trinajstić information content (AvgIpc) is 2.55. The van der Waals surface area contributed by atoms with Crippen LogP contribution in [-0.2, 0) is 6.54 Å². The summed E-state index contributed by atoms with van der Waals surface area (Å²) < 4.78 is 5.63. The molecule has 3 heteroatoms. The number of hydrogen-bond acceptors (Lipinski definition) is 2. The van der Waals surface area contributed by atoms with Gasteiger partial charge in [-0.15, -0.1) is 0 Å². The fourth-order valence-electron chi connectivity index (χ4n) is 2.60. The molecule has 2 aromatic carbocycles. The van der Waals surface area contributed by atoms with Crippen molar-refractivity contribution in [2.24, 2.45) is 0 Å². The molecule has 0 aromatic heterocycles. The molecule has 0 heterocycles. The van der Waals surface area contributed by atoms with Gasteiger partial charge in [-0.05, 0) is 18.6 Å². The van der Waals surface area contributed by atoms with Crippen LogP contribution < -0.4 is 9.64 Å². The number of rotatable bonds is 9. The fourth-order valence-corrected chi connectivity index (χ4v) is 2.60. The topological polar surface area (TPSA) is 33.9 Å². The molecule has 0 spiro atoms. The molecule has 0 fully saturated rings. The normalized spacial score (nSPS) is 13.5. The lowest BCUT2D eigenvalue weighted by Crippen LogP contribution is -3.12. The van der Waals surface area contributed by atoms with Gasteiger partial charge < -0.3 is 14.7 Å². The third-order valence-corrected chi connectivity index (χ3v) is 3.61. The SMILES string of the molecule is CCC[NH+](Cc1ccccc1)C[C@H](O)COc1ccccc1. The summed E-state index contributed by atoms with van der Waals surface area (Å²) in [5, 5.41) is 10.2. The summed E-state index contributed by atoms with van der Waals surface area (Å²) in [5.74, 6) is 0.807. The van der Waals surface area contributed by atoms with Crippen LogP contribution in [-0.4, -0.2) is 30.9 Å². The second-order valence-corrected chi connectivity index (χ2v) is 5.64. The number of aliphatic hydroxyl groups is 1. The molecular formula is C19H26NO2+. The molecule has 2 atom stereocenters. The summed E-state index contributed by atoms with van der Waals surface area (Å²) >= 11 is 0. The number of quaternary nitrogens is 1. The van der Waals surface area contributed by atoms with Gasteiger partial charge in [-0.25, -0.2) is 0 Å². The highest BCUT2D eigenvalue weighted by molar-refractivity contribution is 5.20. The number of hydrogen-bond donors (Lipinski definition) is 2. The van der Waals surface area contributed by atoms with Gasteiger partial charge in [-0.2, -0.15) is 0 Å². The van der Waals surface area contributed by atoms with Crippen LogP contribution >= 0.6 is 0 Å². The number of benzene rings is 2. The van der Waals surface area contributed by atoms with Gasteiger partial charge in [-0.1, -0.05) is 55.5 Å². The van der Waals surface area contributed by atoms with E-state index in [1.807, 2.05) is 36.4 Å². The summed E-state index contributed by atoms with van der Waals surface area (Å²) in [6, 6.07) is 20.1. The quantitative estimate of drug-likeness (QED) is 0.742. The fraction of sp³-hybridized carbons (Fsp3) is 0.368. The Morgan fingerprint density at radius 2 is 1.64 bits per heavy atom. The largest absolute Gasteiger partial charge is 0.491 e. The summed E-state index contributed by atoms with van der Waals surface area (Å²) in [5.41, 5.74) is 1.31. The Kier molecular flexibility index (Phi) is 6.94. The molecule has 2 N–H and O–H groups in total. The standard InChI is InChI=1S/C19H25NO2/c1-2-13-20(14-17-9-5-3-6-10-17)15-18(21)16-22-19-11-7-4-8-12-19/h3-12,18,21H,2,13-16H2,1H3/p+1/t18-/m0/s1. The first-order valence-electron chi connectivity index (χ1n) is 8.01. The van der Waals surface area contributed by atoms with Crippen LogP contribution in [0.4, 0.5) is 0 Å². The van der Waals surface area contributed by atoms with Crippen molar-refractivity contribution >= 4 is 0 Å². The molecule has 0 saturated heterocycles. The summed E-state index contributed by atoms with van der Waals surface area (Å²) in [6.07, 6.45) is 0.652. The van der Waals surface area contributed by atoms with Gasteiger partial charge in [0.25, 0.3) is 0 Å². The maximum Gasteiger partial charge on any atom is 0.137 e. The molecular weight excluding hydrogens is 274 g/mol. The predicted molar refractivity (Wildman–Crippen MR) is 89.1 cm³/mol. The predicted octanol–water partition coefficient (Wildman–Crippen LogP) is 1.92. The Morgan fingerprint density at radius 1 is 1.00 bits per heavy atom. The average molecular weight is 300 g/mol. The molecule has 118 valence electrons. The molecule has 0 aliphatic heterocycles. The van der Waals surface area contributed by atoms with Gasteiger partial charge in [0.2, 0.25) is 0 Å². The lowest BCUT2D eigenvalue weighted by molar-refractivity contribution is -0.917. The maximum absolute atomic E-state index is 10.2. The molecule has 0 amide bonds. The molecule has 0 radical (unpaired) electrons. The van der Waals surface area contributed by atoms with Gasteiger partial charge in [0.05, 0.1) is 6.54 Å². The lowest BCUT2D eigenvalue weighted by atomic mass is 10.2. The first-order chi connectivity index (χ1) is 10.8. The van der Waals surface area contributed by atoms with E-state index in [1.165, 1.54) is 10.5 Å². The van der Waals surface area contributed by atoms with Crippen molar-refractivity contribution in [3.63, 3.8) is 0 Å².